The zero-order valence-electron chi connectivity index (χ0n) is 17.5. The van der Waals surface area contributed by atoms with Crippen molar-refractivity contribution >= 4 is 39.6 Å². The number of rotatable bonds is 9. The minimum atomic E-state index is -0.512. The van der Waals surface area contributed by atoms with Crippen LogP contribution in [0.15, 0.2) is 39.9 Å². The average molecular weight is 476 g/mol. The zero-order valence-corrected chi connectivity index (χ0v) is 19.1. The summed E-state index contributed by atoms with van der Waals surface area (Å²) in [7, 11) is 1.55. The van der Waals surface area contributed by atoms with Crippen LogP contribution >= 0.6 is 15.9 Å². The number of benzene rings is 2. The van der Waals surface area contributed by atoms with Crippen molar-refractivity contribution in [1.82, 2.24) is 5.43 Å². The number of anilines is 1. The second-order valence-corrected chi connectivity index (χ2v) is 7.55. The van der Waals surface area contributed by atoms with E-state index in [1.807, 2.05) is 32.9 Å². The van der Waals surface area contributed by atoms with Gasteiger partial charge in [-0.25, -0.2) is 5.43 Å². The molecule has 0 atom stereocenters. The van der Waals surface area contributed by atoms with Crippen LogP contribution in [-0.2, 0) is 9.59 Å². The van der Waals surface area contributed by atoms with E-state index in [-0.39, 0.29) is 6.42 Å². The normalized spacial score (nSPS) is 10.7. The number of carbonyl (C=O) groups is 2. The number of aryl methyl sites for hydroxylation is 2. The number of ether oxygens (including phenoxy) is 2. The second-order valence-electron chi connectivity index (χ2n) is 6.70. The first-order chi connectivity index (χ1) is 14.3. The molecule has 0 fully saturated rings. The van der Waals surface area contributed by atoms with Gasteiger partial charge in [-0.3, -0.25) is 9.59 Å². The Morgan fingerprint density at radius 1 is 1.13 bits per heavy atom. The summed E-state index contributed by atoms with van der Waals surface area (Å²) >= 11 is 3.46. The molecule has 0 saturated heterocycles. The van der Waals surface area contributed by atoms with Gasteiger partial charge in [0.15, 0.2) is 11.5 Å². The molecule has 30 heavy (non-hydrogen) atoms. The van der Waals surface area contributed by atoms with Gasteiger partial charge in [0.05, 0.1) is 24.4 Å². The second kappa shape index (κ2) is 11.3. The van der Waals surface area contributed by atoms with Crippen LogP contribution in [0.2, 0.25) is 0 Å². The first-order valence-electron chi connectivity index (χ1n) is 9.53. The van der Waals surface area contributed by atoms with Crippen molar-refractivity contribution in [2.24, 2.45) is 5.10 Å². The lowest BCUT2D eigenvalue weighted by atomic mass is 10.1. The fraction of sp³-hybridized carbons (Fsp3) is 0.318. The molecule has 0 aliphatic heterocycles. The topological polar surface area (TPSA) is 89.0 Å². The smallest absolute Gasteiger partial charge is 0.249 e. The molecule has 8 heteroatoms. The molecular formula is C22H26BrN3O4. The van der Waals surface area contributed by atoms with E-state index >= 15 is 0 Å². The molecule has 0 saturated carbocycles. The number of methoxy groups -OCH3 is 1. The zero-order chi connectivity index (χ0) is 22.1. The molecule has 2 rings (SSSR count). The molecule has 0 spiro atoms. The van der Waals surface area contributed by atoms with E-state index in [1.54, 1.807) is 25.3 Å². The van der Waals surface area contributed by atoms with Crippen LogP contribution < -0.4 is 20.2 Å². The van der Waals surface area contributed by atoms with Crippen molar-refractivity contribution in [2.45, 2.75) is 33.6 Å². The molecule has 0 aromatic heterocycles. The lowest BCUT2D eigenvalue weighted by molar-refractivity contribution is -0.126. The van der Waals surface area contributed by atoms with Crippen molar-refractivity contribution < 1.29 is 19.1 Å². The van der Waals surface area contributed by atoms with E-state index in [0.717, 1.165) is 22.0 Å². The van der Waals surface area contributed by atoms with E-state index in [4.69, 9.17) is 9.47 Å². The Hall–Kier alpha value is -2.87. The van der Waals surface area contributed by atoms with Crippen molar-refractivity contribution in [3.63, 3.8) is 0 Å². The van der Waals surface area contributed by atoms with Crippen LogP contribution in [0.1, 0.15) is 36.5 Å². The SMILES string of the molecule is CCCOc1c(Br)cc(C=NNC(=O)CC(=O)Nc2ccc(C)c(C)c2)cc1OC. The first-order valence-corrected chi connectivity index (χ1v) is 10.3. The Morgan fingerprint density at radius 2 is 1.90 bits per heavy atom. The molecule has 2 aromatic carbocycles. The third-order valence-corrected chi connectivity index (χ3v) is 4.81. The number of hydrogen-bond donors (Lipinski definition) is 2. The van der Waals surface area contributed by atoms with Crippen molar-refractivity contribution in [3.05, 3.63) is 51.5 Å². The van der Waals surface area contributed by atoms with E-state index in [9.17, 15) is 9.59 Å². The van der Waals surface area contributed by atoms with E-state index in [0.29, 0.717) is 29.4 Å². The van der Waals surface area contributed by atoms with Gasteiger partial charge >= 0.3 is 0 Å². The van der Waals surface area contributed by atoms with E-state index in [2.05, 4.69) is 31.8 Å². The summed E-state index contributed by atoms with van der Waals surface area (Å²) in [6, 6.07) is 9.13. The molecule has 7 nitrogen and oxygen atoms in total. The van der Waals surface area contributed by atoms with Crippen LogP contribution in [0.4, 0.5) is 5.69 Å². The van der Waals surface area contributed by atoms with E-state index in [1.165, 1.54) is 6.21 Å². The maximum Gasteiger partial charge on any atom is 0.249 e. The first kappa shape index (κ1) is 23.4. The summed E-state index contributed by atoms with van der Waals surface area (Å²) in [6.07, 6.45) is 2.01. The predicted octanol–water partition coefficient (Wildman–Crippen LogP) is 4.34. The van der Waals surface area contributed by atoms with Gasteiger partial charge in [0, 0.05) is 5.69 Å². The summed E-state index contributed by atoms with van der Waals surface area (Å²) in [5.41, 5.74) is 5.90. The third-order valence-electron chi connectivity index (χ3n) is 4.22. The predicted molar refractivity (Wildman–Crippen MR) is 121 cm³/mol. The molecule has 0 unspecified atom stereocenters. The summed E-state index contributed by atoms with van der Waals surface area (Å²) in [4.78, 5) is 24.0. The Bertz CT molecular complexity index is 944. The fourth-order valence-corrected chi connectivity index (χ4v) is 3.12. The van der Waals surface area contributed by atoms with Crippen LogP contribution in [-0.4, -0.2) is 31.7 Å². The number of hydrogen-bond acceptors (Lipinski definition) is 5. The number of nitrogens with one attached hydrogen (secondary N) is 2. The number of amides is 2. The van der Waals surface area contributed by atoms with E-state index < -0.39 is 11.8 Å². The van der Waals surface area contributed by atoms with Crippen molar-refractivity contribution in [2.75, 3.05) is 19.0 Å². The highest BCUT2D eigenvalue weighted by Crippen LogP contribution is 2.36. The molecular weight excluding hydrogens is 450 g/mol. The van der Waals surface area contributed by atoms with Gasteiger partial charge in [-0.2, -0.15) is 5.10 Å². The van der Waals surface area contributed by atoms with Crippen LogP contribution in [0.5, 0.6) is 11.5 Å². The lowest BCUT2D eigenvalue weighted by Crippen LogP contribution is -2.24. The lowest BCUT2D eigenvalue weighted by Gasteiger charge is -2.12. The fourth-order valence-electron chi connectivity index (χ4n) is 2.55. The standard InChI is InChI=1S/C22H26BrN3O4/c1-5-8-30-22-18(23)10-16(11-19(22)29-4)13-24-26-21(28)12-20(27)25-17-7-6-14(2)15(3)9-17/h6-7,9-11,13H,5,8,12H2,1-4H3,(H,25,27)(H,26,28). The van der Waals surface area contributed by atoms with Gasteiger partial charge < -0.3 is 14.8 Å². The number of carbonyl (C=O) groups excluding carboxylic acids is 2. The minimum absolute atomic E-state index is 0.332. The number of hydrazone groups is 1. The summed E-state index contributed by atoms with van der Waals surface area (Å²) < 4.78 is 11.8. The Morgan fingerprint density at radius 3 is 2.57 bits per heavy atom. The highest BCUT2D eigenvalue weighted by atomic mass is 79.9. The highest BCUT2D eigenvalue weighted by molar-refractivity contribution is 9.10. The average Bonchev–Trinajstić information content (AvgIpc) is 2.69. The molecule has 2 aromatic rings. The molecule has 0 bridgehead atoms. The molecule has 160 valence electrons. The maximum absolute atomic E-state index is 12.0. The van der Waals surface area contributed by atoms with Gasteiger partial charge in [0.2, 0.25) is 11.8 Å². The monoisotopic (exact) mass is 475 g/mol. The molecule has 0 heterocycles. The summed E-state index contributed by atoms with van der Waals surface area (Å²) in [5, 5.41) is 6.62. The van der Waals surface area contributed by atoms with Crippen LogP contribution in [0, 0.1) is 13.8 Å². The third kappa shape index (κ3) is 6.88. The van der Waals surface area contributed by atoms with Gasteiger partial charge in [-0.05, 0) is 77.2 Å². The highest BCUT2D eigenvalue weighted by Gasteiger charge is 2.12. The number of halogens is 1. The van der Waals surface area contributed by atoms with Crippen LogP contribution in [0.3, 0.4) is 0 Å². The van der Waals surface area contributed by atoms with Crippen molar-refractivity contribution in [1.29, 1.82) is 0 Å². The van der Waals surface area contributed by atoms with Crippen LogP contribution in [0.25, 0.3) is 0 Å². The van der Waals surface area contributed by atoms with Gasteiger partial charge in [-0.1, -0.05) is 13.0 Å². The van der Waals surface area contributed by atoms with Gasteiger partial charge in [-0.15, -0.1) is 0 Å². The van der Waals surface area contributed by atoms with Gasteiger partial charge in [0.25, 0.3) is 0 Å². The van der Waals surface area contributed by atoms with Crippen molar-refractivity contribution in [3.8, 4) is 11.5 Å². The molecule has 2 N–H and O–H groups in total. The molecule has 2 amide bonds. The molecule has 0 aliphatic carbocycles. The number of nitrogens with zero attached hydrogens (tertiary/aromatic N) is 1. The summed E-state index contributed by atoms with van der Waals surface area (Å²) in [6.45, 7) is 6.54. The Balaban J connectivity index is 1.92. The van der Waals surface area contributed by atoms with Gasteiger partial charge in [0.1, 0.15) is 6.42 Å². The maximum atomic E-state index is 12.0. The Labute approximate surface area is 185 Å². The Kier molecular flexibility index (Phi) is 8.86. The summed E-state index contributed by atoms with van der Waals surface area (Å²) in [5.74, 6) is 0.247. The molecule has 0 radical (unpaired) electrons. The molecule has 0 aliphatic rings. The quantitative estimate of drug-likeness (QED) is 0.320. The minimum Gasteiger partial charge on any atom is -0.493 e. The largest absolute Gasteiger partial charge is 0.493 e.